The summed E-state index contributed by atoms with van der Waals surface area (Å²) >= 11 is 0. The number of nitrogens with zero attached hydrogens (tertiary/aromatic N) is 3. The number of piperidine rings is 1. The average Bonchev–Trinajstić information content (AvgIpc) is 2.32. The number of aromatic nitrogens is 1. The van der Waals surface area contributed by atoms with E-state index in [4.69, 9.17) is 0 Å². The van der Waals surface area contributed by atoms with Crippen molar-refractivity contribution in [2.75, 3.05) is 25.5 Å². The van der Waals surface area contributed by atoms with Crippen molar-refractivity contribution in [1.29, 1.82) is 0 Å². The molecule has 98 valence electrons. The van der Waals surface area contributed by atoms with Gasteiger partial charge in [-0.3, -0.25) is 10.1 Å². The first-order chi connectivity index (χ1) is 8.56. The zero-order valence-electron chi connectivity index (χ0n) is 10.7. The number of hydrogen-bond acceptors (Lipinski definition) is 5. The molecule has 1 fully saturated rings. The van der Waals surface area contributed by atoms with Crippen molar-refractivity contribution in [2.45, 2.75) is 25.8 Å². The average molecular weight is 250 g/mol. The molecule has 1 aromatic rings. The first kappa shape index (κ1) is 12.8. The third kappa shape index (κ3) is 2.95. The Hall–Kier alpha value is -1.69. The van der Waals surface area contributed by atoms with E-state index in [9.17, 15) is 10.1 Å². The second kappa shape index (κ2) is 5.30. The fraction of sp³-hybridized carbons (Fsp3) is 0.583. The van der Waals surface area contributed by atoms with Crippen LogP contribution in [0.4, 0.5) is 11.5 Å². The number of nitro groups is 1. The lowest BCUT2D eigenvalue weighted by atomic mass is 10.1. The topological polar surface area (TPSA) is 71.3 Å². The van der Waals surface area contributed by atoms with E-state index in [0.717, 1.165) is 31.6 Å². The highest BCUT2D eigenvalue weighted by atomic mass is 16.6. The minimum Gasteiger partial charge on any atom is -0.362 e. The van der Waals surface area contributed by atoms with Gasteiger partial charge < -0.3 is 10.2 Å². The van der Waals surface area contributed by atoms with Gasteiger partial charge in [0.15, 0.2) is 0 Å². The van der Waals surface area contributed by atoms with Crippen molar-refractivity contribution in [1.82, 2.24) is 9.88 Å². The van der Waals surface area contributed by atoms with Crippen LogP contribution in [-0.4, -0.2) is 41.0 Å². The molecule has 0 atom stereocenters. The van der Waals surface area contributed by atoms with E-state index in [1.165, 1.54) is 6.07 Å². The second-order valence-electron chi connectivity index (χ2n) is 4.80. The molecule has 6 nitrogen and oxygen atoms in total. The normalized spacial score (nSPS) is 17.7. The van der Waals surface area contributed by atoms with Crippen LogP contribution in [0.5, 0.6) is 0 Å². The second-order valence-corrected chi connectivity index (χ2v) is 4.80. The zero-order chi connectivity index (χ0) is 13.1. The predicted molar refractivity (Wildman–Crippen MR) is 69.8 cm³/mol. The van der Waals surface area contributed by atoms with Crippen LogP contribution in [0.3, 0.4) is 0 Å². The molecule has 1 aliphatic heterocycles. The lowest BCUT2D eigenvalue weighted by Crippen LogP contribution is -2.37. The third-order valence-electron chi connectivity index (χ3n) is 3.27. The van der Waals surface area contributed by atoms with E-state index in [1.807, 2.05) is 6.92 Å². The standard InChI is InChI=1S/C12H18N4O2/c1-9-3-4-11(16(17)18)12(13-9)14-10-5-7-15(2)8-6-10/h3-4,10H,5-8H2,1-2H3,(H,13,14). The highest BCUT2D eigenvalue weighted by Gasteiger charge is 2.21. The van der Waals surface area contributed by atoms with Gasteiger partial charge in [-0.05, 0) is 46.0 Å². The summed E-state index contributed by atoms with van der Waals surface area (Å²) in [5.74, 6) is 0.398. The molecule has 18 heavy (non-hydrogen) atoms. The van der Waals surface area contributed by atoms with Crippen molar-refractivity contribution in [2.24, 2.45) is 0 Å². The molecular formula is C12H18N4O2. The number of pyridine rings is 1. The smallest absolute Gasteiger partial charge is 0.311 e. The first-order valence-electron chi connectivity index (χ1n) is 6.13. The summed E-state index contributed by atoms with van der Waals surface area (Å²) < 4.78 is 0. The quantitative estimate of drug-likeness (QED) is 0.654. The number of likely N-dealkylation sites (tertiary alicyclic amines) is 1. The van der Waals surface area contributed by atoms with Crippen molar-refractivity contribution >= 4 is 11.5 Å². The van der Waals surface area contributed by atoms with Gasteiger partial charge in [0, 0.05) is 17.8 Å². The lowest BCUT2D eigenvalue weighted by molar-refractivity contribution is -0.384. The molecule has 0 bridgehead atoms. The Kier molecular flexibility index (Phi) is 3.76. The van der Waals surface area contributed by atoms with Crippen LogP contribution in [0.15, 0.2) is 12.1 Å². The molecule has 0 spiro atoms. The lowest BCUT2D eigenvalue weighted by Gasteiger charge is -2.29. The Morgan fingerprint density at radius 2 is 2.11 bits per heavy atom. The van der Waals surface area contributed by atoms with Crippen LogP contribution in [0.2, 0.25) is 0 Å². The summed E-state index contributed by atoms with van der Waals surface area (Å²) in [5.41, 5.74) is 0.843. The molecule has 0 saturated carbocycles. The van der Waals surface area contributed by atoms with Crippen molar-refractivity contribution < 1.29 is 4.92 Å². The number of anilines is 1. The molecule has 0 amide bonds. The van der Waals surface area contributed by atoms with Crippen LogP contribution in [-0.2, 0) is 0 Å². The summed E-state index contributed by atoms with van der Waals surface area (Å²) in [7, 11) is 2.09. The molecule has 0 radical (unpaired) electrons. The van der Waals surface area contributed by atoms with E-state index >= 15 is 0 Å². The van der Waals surface area contributed by atoms with Gasteiger partial charge >= 0.3 is 5.69 Å². The highest BCUT2D eigenvalue weighted by molar-refractivity contribution is 5.56. The Bertz CT molecular complexity index is 442. The van der Waals surface area contributed by atoms with Gasteiger partial charge in [-0.2, -0.15) is 0 Å². The molecule has 1 aromatic heterocycles. The maximum Gasteiger partial charge on any atom is 0.311 e. The van der Waals surface area contributed by atoms with Gasteiger partial charge in [0.05, 0.1) is 4.92 Å². The zero-order valence-corrected chi connectivity index (χ0v) is 10.7. The summed E-state index contributed by atoms with van der Waals surface area (Å²) in [5, 5.41) is 14.2. The van der Waals surface area contributed by atoms with Gasteiger partial charge in [-0.1, -0.05) is 0 Å². The number of nitrogens with one attached hydrogen (secondary N) is 1. The molecule has 1 aliphatic rings. The van der Waals surface area contributed by atoms with Crippen LogP contribution in [0, 0.1) is 17.0 Å². The molecule has 1 N–H and O–H groups in total. The van der Waals surface area contributed by atoms with Gasteiger partial charge in [-0.15, -0.1) is 0 Å². The van der Waals surface area contributed by atoms with Crippen LogP contribution in [0.25, 0.3) is 0 Å². The Morgan fingerprint density at radius 1 is 1.44 bits per heavy atom. The molecule has 0 aromatic carbocycles. The number of aryl methyl sites for hydroxylation is 1. The van der Waals surface area contributed by atoms with E-state index in [-0.39, 0.29) is 16.7 Å². The molecule has 1 saturated heterocycles. The summed E-state index contributed by atoms with van der Waals surface area (Å²) in [4.78, 5) is 17.1. The molecule has 2 heterocycles. The van der Waals surface area contributed by atoms with Gasteiger partial charge in [0.2, 0.25) is 5.82 Å². The maximum atomic E-state index is 10.9. The van der Waals surface area contributed by atoms with Crippen LogP contribution < -0.4 is 5.32 Å². The van der Waals surface area contributed by atoms with Crippen molar-refractivity contribution in [3.05, 3.63) is 27.9 Å². The minimum atomic E-state index is -0.385. The first-order valence-corrected chi connectivity index (χ1v) is 6.13. The predicted octanol–water partition coefficient (Wildman–Crippen LogP) is 1.80. The summed E-state index contributed by atoms with van der Waals surface area (Å²) in [6.45, 7) is 3.86. The Balaban J connectivity index is 2.12. The SMILES string of the molecule is Cc1ccc([N+](=O)[O-])c(NC2CCN(C)CC2)n1. The molecule has 0 unspecified atom stereocenters. The molecule has 6 heteroatoms. The van der Waals surface area contributed by atoms with Gasteiger partial charge in [0.25, 0.3) is 0 Å². The van der Waals surface area contributed by atoms with E-state index in [1.54, 1.807) is 6.07 Å². The number of rotatable bonds is 3. The maximum absolute atomic E-state index is 10.9. The minimum absolute atomic E-state index is 0.0551. The fourth-order valence-corrected chi connectivity index (χ4v) is 2.15. The van der Waals surface area contributed by atoms with E-state index in [0.29, 0.717) is 5.82 Å². The van der Waals surface area contributed by atoms with Gasteiger partial charge in [-0.25, -0.2) is 4.98 Å². The fourth-order valence-electron chi connectivity index (χ4n) is 2.15. The Morgan fingerprint density at radius 3 is 2.72 bits per heavy atom. The van der Waals surface area contributed by atoms with Crippen LogP contribution >= 0.6 is 0 Å². The van der Waals surface area contributed by atoms with Crippen LogP contribution in [0.1, 0.15) is 18.5 Å². The van der Waals surface area contributed by atoms with Crippen molar-refractivity contribution in [3.8, 4) is 0 Å². The van der Waals surface area contributed by atoms with E-state index in [2.05, 4.69) is 22.2 Å². The largest absolute Gasteiger partial charge is 0.362 e. The summed E-state index contributed by atoms with van der Waals surface area (Å²) in [6.07, 6.45) is 1.98. The molecular weight excluding hydrogens is 232 g/mol. The number of hydrogen-bond donors (Lipinski definition) is 1. The van der Waals surface area contributed by atoms with Crippen molar-refractivity contribution in [3.63, 3.8) is 0 Å². The summed E-state index contributed by atoms with van der Waals surface area (Å²) in [6, 6.07) is 3.45. The monoisotopic (exact) mass is 250 g/mol. The van der Waals surface area contributed by atoms with Gasteiger partial charge in [0.1, 0.15) is 0 Å². The third-order valence-corrected chi connectivity index (χ3v) is 3.27. The molecule has 0 aliphatic carbocycles. The highest BCUT2D eigenvalue weighted by Crippen LogP contribution is 2.24. The molecule has 2 rings (SSSR count). The van der Waals surface area contributed by atoms with E-state index < -0.39 is 0 Å². The Labute approximate surface area is 106 Å².